The molecule has 2 heteroatoms. The zero-order valence-electron chi connectivity index (χ0n) is 34.4. The van der Waals surface area contributed by atoms with Gasteiger partial charge in [0.2, 0.25) is 0 Å². The lowest BCUT2D eigenvalue weighted by atomic mass is 9.70. The van der Waals surface area contributed by atoms with E-state index >= 15 is 0 Å². The maximum Gasteiger partial charge on any atom is 0.0215 e. The molecule has 0 saturated carbocycles. The van der Waals surface area contributed by atoms with Crippen LogP contribution >= 0.6 is 25.3 Å². The van der Waals surface area contributed by atoms with Crippen molar-refractivity contribution in [3.8, 4) is 55.6 Å². The van der Waals surface area contributed by atoms with Gasteiger partial charge in [0.15, 0.2) is 0 Å². The van der Waals surface area contributed by atoms with Crippen LogP contribution in [0.2, 0.25) is 0 Å². The van der Waals surface area contributed by atoms with Gasteiger partial charge in [-0.25, -0.2) is 0 Å². The molecule has 1 aliphatic rings. The molecule has 0 radical (unpaired) electrons. The summed E-state index contributed by atoms with van der Waals surface area (Å²) in [5, 5.41) is 0. The van der Waals surface area contributed by atoms with Crippen molar-refractivity contribution in [1.29, 1.82) is 0 Å². The molecule has 1 aliphatic carbocycles. The van der Waals surface area contributed by atoms with Crippen LogP contribution in [0.15, 0.2) is 133 Å². The third kappa shape index (κ3) is 9.67. The zero-order valence-corrected chi connectivity index (χ0v) is 36.2. The van der Waals surface area contributed by atoms with E-state index in [0.717, 1.165) is 37.2 Å². The highest BCUT2D eigenvalue weighted by molar-refractivity contribution is 7.80. The lowest BCUT2D eigenvalue weighted by Gasteiger charge is -2.33. The Morgan fingerprint density at radius 3 is 1.11 bits per heavy atom. The maximum absolute atomic E-state index is 4.43. The highest BCUT2D eigenvalue weighted by Gasteiger charge is 2.42. The predicted octanol–water partition coefficient (Wildman–Crippen LogP) is 16.3. The van der Waals surface area contributed by atoms with Gasteiger partial charge in [0.1, 0.15) is 0 Å². The van der Waals surface area contributed by atoms with E-state index in [9.17, 15) is 0 Å². The minimum absolute atomic E-state index is 0.0129. The molecular weight excluding hydrogens is 725 g/mol. The molecule has 0 aromatic heterocycles. The van der Waals surface area contributed by atoms with Gasteiger partial charge in [0, 0.05) is 5.41 Å². The Morgan fingerprint density at radius 2 is 0.737 bits per heavy atom. The summed E-state index contributed by atoms with van der Waals surface area (Å²) in [4.78, 5) is 0. The molecule has 0 bridgehead atoms. The number of fused-ring (bicyclic) bond motifs is 3. The van der Waals surface area contributed by atoms with Gasteiger partial charge in [0.05, 0.1) is 0 Å². The molecule has 0 heterocycles. The molecule has 0 N–H and O–H groups in total. The monoisotopic (exact) mass is 786 g/mol. The molecule has 0 unspecified atom stereocenters. The fraction of sp³-hybridized carbons (Fsp3) is 0.345. The van der Waals surface area contributed by atoms with Crippen molar-refractivity contribution in [2.24, 2.45) is 0 Å². The van der Waals surface area contributed by atoms with Crippen LogP contribution in [0.5, 0.6) is 0 Å². The van der Waals surface area contributed by atoms with Crippen molar-refractivity contribution < 1.29 is 0 Å². The first-order valence-electron chi connectivity index (χ1n) is 22.0. The van der Waals surface area contributed by atoms with E-state index in [-0.39, 0.29) is 5.41 Å². The van der Waals surface area contributed by atoms with E-state index in [4.69, 9.17) is 0 Å². The molecule has 6 aromatic carbocycles. The smallest absolute Gasteiger partial charge is 0.0215 e. The van der Waals surface area contributed by atoms with Gasteiger partial charge >= 0.3 is 0 Å². The minimum atomic E-state index is 0.0129. The zero-order chi connectivity index (χ0) is 39.5. The van der Waals surface area contributed by atoms with Crippen LogP contribution in [-0.4, -0.2) is 11.5 Å². The fourth-order valence-corrected chi connectivity index (χ4v) is 9.63. The summed E-state index contributed by atoms with van der Waals surface area (Å²) in [6.07, 6.45) is 17.0. The van der Waals surface area contributed by atoms with Crippen LogP contribution in [0.3, 0.4) is 0 Å². The number of aryl methyl sites for hydroxylation is 2. The van der Waals surface area contributed by atoms with Gasteiger partial charge in [0.25, 0.3) is 0 Å². The second kappa shape index (κ2) is 20.1. The van der Waals surface area contributed by atoms with E-state index in [1.807, 2.05) is 0 Å². The maximum atomic E-state index is 4.43. The molecule has 57 heavy (non-hydrogen) atoms. The molecule has 0 fully saturated rings. The average molecular weight is 787 g/mol. The van der Waals surface area contributed by atoms with Crippen molar-refractivity contribution in [2.75, 3.05) is 11.5 Å². The van der Waals surface area contributed by atoms with E-state index in [1.165, 1.54) is 131 Å². The van der Waals surface area contributed by atoms with Crippen molar-refractivity contribution in [2.45, 2.75) is 109 Å². The third-order valence-electron chi connectivity index (χ3n) is 12.5. The summed E-state index contributed by atoms with van der Waals surface area (Å²) in [7, 11) is 0. The number of rotatable bonds is 20. The topological polar surface area (TPSA) is 0 Å². The quantitative estimate of drug-likeness (QED) is 0.0559. The first-order chi connectivity index (χ1) is 28.1. The first kappa shape index (κ1) is 41.2. The SMILES string of the molecule is CCCCCCC1(CCCCCC)c2cc(-c3ccc(-c4cccc(CCCS)c4)cc3)ccc2-c2ccc(-c3ccc(-c4cccc(CCCS)c4)cc3)cc21. The summed E-state index contributed by atoms with van der Waals surface area (Å²) in [5.41, 5.74) is 19.1. The van der Waals surface area contributed by atoms with Crippen molar-refractivity contribution in [3.63, 3.8) is 0 Å². The Hall–Kier alpha value is -3.98. The van der Waals surface area contributed by atoms with Gasteiger partial charge in [-0.15, -0.1) is 0 Å². The lowest BCUT2D eigenvalue weighted by Crippen LogP contribution is -2.25. The highest BCUT2D eigenvalue weighted by Crippen LogP contribution is 2.56. The molecule has 6 aromatic rings. The number of unbranched alkanes of at least 4 members (excludes halogenated alkanes) is 6. The number of benzene rings is 6. The van der Waals surface area contributed by atoms with Crippen molar-refractivity contribution in [3.05, 3.63) is 156 Å². The standard InChI is InChI=1S/C55H62S2/c1-3-5-7-9-33-55(34-10-8-6-4-2)53-39-49(45-25-21-43(22-26-45)47-19-11-15-41(37-47)17-13-35-56)29-31-51(53)52-32-30-50(40-54(52)55)46-27-23-44(24-28-46)48-20-12-16-42(38-48)18-14-36-57/h11-12,15-16,19-32,37-40,56-57H,3-10,13-14,17-18,33-36H2,1-2H3. The summed E-state index contributed by atoms with van der Waals surface area (Å²) in [6, 6.07) is 51.5. The van der Waals surface area contributed by atoms with Gasteiger partial charge in [-0.3, -0.25) is 0 Å². The van der Waals surface area contributed by atoms with E-state index < -0.39 is 0 Å². The van der Waals surface area contributed by atoms with Crippen LogP contribution in [0.1, 0.15) is 113 Å². The van der Waals surface area contributed by atoms with Gasteiger partial charge in [-0.2, -0.15) is 25.3 Å². The summed E-state index contributed by atoms with van der Waals surface area (Å²) < 4.78 is 0. The van der Waals surface area contributed by atoms with E-state index in [2.05, 4.69) is 173 Å². The molecule has 0 spiro atoms. The molecule has 0 atom stereocenters. The molecular formula is C55H62S2. The van der Waals surface area contributed by atoms with Crippen LogP contribution in [0, 0.1) is 0 Å². The Morgan fingerprint density at radius 1 is 0.368 bits per heavy atom. The van der Waals surface area contributed by atoms with Crippen LogP contribution in [0.4, 0.5) is 0 Å². The molecule has 0 aliphatic heterocycles. The van der Waals surface area contributed by atoms with Crippen molar-refractivity contribution >= 4 is 25.3 Å². The summed E-state index contributed by atoms with van der Waals surface area (Å²) in [6.45, 7) is 4.66. The Balaban J connectivity index is 1.24. The average Bonchev–Trinajstić information content (AvgIpc) is 3.53. The van der Waals surface area contributed by atoms with Crippen LogP contribution in [0.25, 0.3) is 55.6 Å². The van der Waals surface area contributed by atoms with Gasteiger partial charge in [-0.1, -0.05) is 187 Å². The van der Waals surface area contributed by atoms with Crippen LogP contribution in [-0.2, 0) is 18.3 Å². The molecule has 7 rings (SSSR count). The number of hydrogen-bond acceptors (Lipinski definition) is 2. The Labute approximate surface area is 355 Å². The summed E-state index contributed by atoms with van der Waals surface area (Å²) >= 11 is 8.87. The molecule has 0 amide bonds. The normalized spacial score (nSPS) is 12.8. The van der Waals surface area contributed by atoms with E-state index in [1.54, 1.807) is 11.1 Å². The molecule has 0 nitrogen and oxygen atoms in total. The highest BCUT2D eigenvalue weighted by atomic mass is 32.1. The Bertz CT molecular complexity index is 2030. The summed E-state index contributed by atoms with van der Waals surface area (Å²) in [5.74, 6) is 1.85. The van der Waals surface area contributed by atoms with Crippen LogP contribution < -0.4 is 0 Å². The fourth-order valence-electron chi connectivity index (χ4n) is 9.31. The second-order valence-corrected chi connectivity index (χ2v) is 17.3. The molecule has 0 saturated heterocycles. The first-order valence-corrected chi connectivity index (χ1v) is 23.2. The molecule has 294 valence electrons. The minimum Gasteiger partial charge on any atom is -0.179 e. The number of hydrogen-bond donors (Lipinski definition) is 2. The van der Waals surface area contributed by atoms with Crippen molar-refractivity contribution in [1.82, 2.24) is 0 Å². The second-order valence-electron chi connectivity index (χ2n) is 16.4. The third-order valence-corrected chi connectivity index (χ3v) is 13.1. The predicted molar refractivity (Wildman–Crippen MR) is 256 cm³/mol. The number of thiol groups is 2. The van der Waals surface area contributed by atoms with Gasteiger partial charge < -0.3 is 0 Å². The Kier molecular flexibility index (Phi) is 14.5. The van der Waals surface area contributed by atoms with Gasteiger partial charge in [-0.05, 0) is 140 Å². The largest absolute Gasteiger partial charge is 0.179 e. The van der Waals surface area contributed by atoms with E-state index in [0.29, 0.717) is 0 Å². The lowest BCUT2D eigenvalue weighted by molar-refractivity contribution is 0.401.